The zero-order valence-electron chi connectivity index (χ0n) is 12.1. The molecule has 1 saturated heterocycles. The summed E-state index contributed by atoms with van der Waals surface area (Å²) in [5.41, 5.74) is 5.47. The Kier molecular flexibility index (Phi) is 3.60. The molecule has 1 fully saturated rings. The lowest BCUT2D eigenvalue weighted by Crippen LogP contribution is -2.34. The molecule has 22 heavy (non-hydrogen) atoms. The molecule has 10 nitrogen and oxygen atoms in total. The predicted molar refractivity (Wildman–Crippen MR) is 75.1 cm³/mol. The number of hydrogen-bond acceptors (Lipinski definition) is 8. The lowest BCUT2D eigenvalue weighted by molar-refractivity contribution is -0.0592. The first-order valence-corrected chi connectivity index (χ1v) is 6.69. The van der Waals surface area contributed by atoms with Crippen molar-refractivity contribution in [3.05, 3.63) is 16.2 Å². The Balaban J connectivity index is 2.17. The summed E-state index contributed by atoms with van der Waals surface area (Å²) in [6.45, 7) is 1.31. The first-order chi connectivity index (χ1) is 10.5. The number of H-pyrrole nitrogens is 1. The summed E-state index contributed by atoms with van der Waals surface area (Å²) in [6, 6.07) is 0. The maximum Gasteiger partial charge on any atom is 0.280 e. The molecule has 1 aliphatic rings. The van der Waals surface area contributed by atoms with Gasteiger partial charge in [0.2, 0.25) is 5.95 Å². The summed E-state index contributed by atoms with van der Waals surface area (Å²) >= 11 is 0. The van der Waals surface area contributed by atoms with E-state index in [0.717, 1.165) is 0 Å². The van der Waals surface area contributed by atoms with E-state index in [4.69, 9.17) is 15.2 Å². The minimum absolute atomic E-state index is 0.0510. The minimum Gasteiger partial charge on any atom is -0.394 e. The molecular weight excluding hydrogens is 294 g/mol. The number of nitrogens with two attached hydrogens (primary N) is 1. The van der Waals surface area contributed by atoms with E-state index in [-0.39, 0.29) is 23.7 Å². The highest BCUT2D eigenvalue weighted by atomic mass is 16.6. The van der Waals surface area contributed by atoms with Gasteiger partial charge in [0.25, 0.3) is 5.56 Å². The third-order valence-electron chi connectivity index (χ3n) is 3.76. The molecule has 120 valence electrons. The van der Waals surface area contributed by atoms with Gasteiger partial charge in [0.1, 0.15) is 24.1 Å². The molecule has 3 rings (SSSR count). The number of imidazole rings is 1. The van der Waals surface area contributed by atoms with Gasteiger partial charge in [-0.15, -0.1) is 0 Å². The van der Waals surface area contributed by atoms with Gasteiger partial charge in [-0.05, 0) is 6.92 Å². The number of rotatable bonds is 3. The van der Waals surface area contributed by atoms with E-state index in [9.17, 15) is 15.0 Å². The SMILES string of the molecule is CO[C@H]1C(O)[C@@H](CO)O[C@H]1n1c(C)nc2c(=O)[nH]c(N)nc21. The van der Waals surface area contributed by atoms with Crippen molar-refractivity contribution in [3.8, 4) is 0 Å². The fraction of sp³-hybridized carbons (Fsp3) is 0.583. The Hall–Kier alpha value is -2.01. The smallest absolute Gasteiger partial charge is 0.280 e. The normalized spacial score (nSPS) is 28.5. The second-order valence-electron chi connectivity index (χ2n) is 5.09. The largest absolute Gasteiger partial charge is 0.394 e. The molecule has 1 aliphatic heterocycles. The van der Waals surface area contributed by atoms with Crippen molar-refractivity contribution in [1.82, 2.24) is 19.5 Å². The van der Waals surface area contributed by atoms with Crippen LogP contribution in [0.4, 0.5) is 5.95 Å². The lowest BCUT2D eigenvalue weighted by atomic mass is 10.1. The molecule has 10 heteroatoms. The Morgan fingerprint density at radius 3 is 2.86 bits per heavy atom. The number of anilines is 1. The molecule has 0 amide bonds. The molecule has 5 N–H and O–H groups in total. The number of ether oxygens (including phenoxy) is 2. The zero-order chi connectivity index (χ0) is 16.0. The minimum atomic E-state index is -1.02. The van der Waals surface area contributed by atoms with Crippen LogP contribution in [0.1, 0.15) is 12.1 Å². The van der Waals surface area contributed by atoms with Gasteiger partial charge in [-0.2, -0.15) is 4.98 Å². The molecule has 0 aliphatic carbocycles. The molecule has 0 spiro atoms. The van der Waals surface area contributed by atoms with Crippen LogP contribution < -0.4 is 11.3 Å². The number of aromatic nitrogens is 4. The molecule has 0 aromatic carbocycles. The average Bonchev–Trinajstić information content (AvgIpc) is 2.95. The van der Waals surface area contributed by atoms with Crippen LogP contribution in [0.2, 0.25) is 0 Å². The number of nitrogens with one attached hydrogen (secondary N) is 1. The van der Waals surface area contributed by atoms with E-state index in [2.05, 4.69) is 15.0 Å². The van der Waals surface area contributed by atoms with Gasteiger partial charge in [-0.1, -0.05) is 0 Å². The fourth-order valence-electron chi connectivity index (χ4n) is 2.75. The third-order valence-corrected chi connectivity index (χ3v) is 3.76. The second-order valence-corrected chi connectivity index (χ2v) is 5.09. The fourth-order valence-corrected chi connectivity index (χ4v) is 2.75. The van der Waals surface area contributed by atoms with Crippen molar-refractivity contribution in [2.45, 2.75) is 31.5 Å². The number of fused-ring (bicyclic) bond motifs is 1. The van der Waals surface area contributed by atoms with Crippen LogP contribution in [0.15, 0.2) is 4.79 Å². The topological polar surface area (TPSA) is 149 Å². The van der Waals surface area contributed by atoms with Crippen molar-refractivity contribution in [2.24, 2.45) is 0 Å². The van der Waals surface area contributed by atoms with Gasteiger partial charge in [-0.25, -0.2) is 4.98 Å². The van der Waals surface area contributed by atoms with Gasteiger partial charge < -0.3 is 25.4 Å². The lowest BCUT2D eigenvalue weighted by Gasteiger charge is -2.21. The van der Waals surface area contributed by atoms with E-state index < -0.39 is 30.1 Å². The number of aliphatic hydroxyl groups excluding tert-OH is 2. The number of nitrogen functional groups attached to an aromatic ring is 1. The monoisotopic (exact) mass is 311 g/mol. The van der Waals surface area contributed by atoms with Crippen LogP contribution in [-0.4, -0.2) is 61.8 Å². The number of hydrogen-bond donors (Lipinski definition) is 4. The molecule has 0 radical (unpaired) electrons. The first-order valence-electron chi connectivity index (χ1n) is 6.69. The highest BCUT2D eigenvalue weighted by Gasteiger charge is 2.45. The molecule has 2 aromatic rings. The molecule has 0 saturated carbocycles. The summed E-state index contributed by atoms with van der Waals surface area (Å²) < 4.78 is 12.5. The quantitative estimate of drug-likeness (QED) is 0.523. The number of aryl methyl sites for hydroxylation is 1. The van der Waals surface area contributed by atoms with Crippen LogP contribution in [0.25, 0.3) is 11.2 Å². The Labute approximate surface area is 124 Å². The van der Waals surface area contributed by atoms with Gasteiger partial charge in [0.15, 0.2) is 17.4 Å². The summed E-state index contributed by atoms with van der Waals surface area (Å²) in [4.78, 5) is 22.5. The number of aliphatic hydroxyl groups is 2. The summed E-state index contributed by atoms with van der Waals surface area (Å²) in [5, 5.41) is 19.4. The Bertz CT molecular complexity index is 756. The average molecular weight is 311 g/mol. The highest BCUT2D eigenvalue weighted by molar-refractivity contribution is 5.71. The number of aromatic amines is 1. The van der Waals surface area contributed by atoms with E-state index in [1.807, 2.05) is 0 Å². The zero-order valence-corrected chi connectivity index (χ0v) is 12.1. The van der Waals surface area contributed by atoms with E-state index in [1.165, 1.54) is 11.7 Å². The van der Waals surface area contributed by atoms with Crippen molar-refractivity contribution in [1.29, 1.82) is 0 Å². The van der Waals surface area contributed by atoms with Crippen molar-refractivity contribution in [3.63, 3.8) is 0 Å². The second kappa shape index (κ2) is 5.32. The maximum atomic E-state index is 11.9. The third kappa shape index (κ3) is 2.08. The molecular formula is C12H17N5O5. The molecule has 3 heterocycles. The number of nitrogens with zero attached hydrogens (tertiary/aromatic N) is 3. The summed E-state index contributed by atoms with van der Waals surface area (Å²) in [5.74, 6) is 0.404. The summed E-state index contributed by atoms with van der Waals surface area (Å²) in [6.07, 6.45) is -3.34. The van der Waals surface area contributed by atoms with Gasteiger partial charge >= 0.3 is 0 Å². The standard InChI is InChI=1S/C12H17N5O5/c1-4-14-6-9(15-12(13)16-10(6)20)17(4)11-8(21-2)7(19)5(3-18)22-11/h5,7-8,11,18-19H,3H2,1-2H3,(H3,13,15,16,20)/t5-,7?,8+,11-/m1/s1. The molecule has 1 unspecified atom stereocenters. The highest BCUT2D eigenvalue weighted by Crippen LogP contribution is 2.33. The van der Waals surface area contributed by atoms with Crippen LogP contribution in [0.3, 0.4) is 0 Å². The summed E-state index contributed by atoms with van der Waals surface area (Å²) in [7, 11) is 1.42. The predicted octanol–water partition coefficient (Wildman–Crippen LogP) is -1.72. The van der Waals surface area contributed by atoms with Crippen molar-refractivity contribution >= 4 is 17.1 Å². The van der Waals surface area contributed by atoms with Gasteiger partial charge in [0.05, 0.1) is 6.61 Å². The first kappa shape index (κ1) is 14.9. The molecule has 2 aromatic heterocycles. The van der Waals surface area contributed by atoms with Gasteiger partial charge in [0, 0.05) is 7.11 Å². The number of methoxy groups -OCH3 is 1. The van der Waals surface area contributed by atoms with E-state index in [1.54, 1.807) is 6.92 Å². The Morgan fingerprint density at radius 1 is 1.50 bits per heavy atom. The molecule has 0 bridgehead atoms. The Morgan fingerprint density at radius 2 is 2.23 bits per heavy atom. The van der Waals surface area contributed by atoms with E-state index >= 15 is 0 Å². The van der Waals surface area contributed by atoms with Crippen LogP contribution in [0.5, 0.6) is 0 Å². The van der Waals surface area contributed by atoms with E-state index in [0.29, 0.717) is 5.82 Å². The molecule has 4 atom stereocenters. The van der Waals surface area contributed by atoms with Gasteiger partial charge in [-0.3, -0.25) is 14.3 Å². The van der Waals surface area contributed by atoms with Crippen LogP contribution in [0, 0.1) is 6.92 Å². The van der Waals surface area contributed by atoms with Crippen molar-refractivity contribution < 1.29 is 19.7 Å². The van der Waals surface area contributed by atoms with Crippen LogP contribution in [-0.2, 0) is 9.47 Å². The van der Waals surface area contributed by atoms with Crippen molar-refractivity contribution in [2.75, 3.05) is 19.5 Å². The maximum absolute atomic E-state index is 11.9. The van der Waals surface area contributed by atoms with Crippen LogP contribution >= 0.6 is 0 Å².